The molecule has 1 aliphatic rings. The van der Waals surface area contributed by atoms with E-state index in [0.717, 1.165) is 32.1 Å². The molecule has 0 radical (unpaired) electrons. The molecular weight excluding hydrogens is 251 g/mol. The number of halogens is 2. The number of rotatable bonds is 3. The maximum Gasteiger partial charge on any atom is 0.127 e. The van der Waals surface area contributed by atoms with Crippen LogP contribution in [0, 0.1) is 18.2 Å². The molecule has 0 amide bonds. The maximum absolute atomic E-state index is 13.4. The molecule has 1 saturated carbocycles. The first-order chi connectivity index (χ1) is 8.50. The minimum atomic E-state index is -0.586. The van der Waals surface area contributed by atoms with Crippen molar-refractivity contribution in [1.29, 1.82) is 0 Å². The van der Waals surface area contributed by atoms with E-state index in [1.54, 1.807) is 13.0 Å². The van der Waals surface area contributed by atoms with Gasteiger partial charge in [0.25, 0.3) is 0 Å². The Bertz CT molecular complexity index is 438. The highest BCUT2D eigenvalue weighted by atomic mass is 35.5. The van der Waals surface area contributed by atoms with Gasteiger partial charge >= 0.3 is 0 Å². The number of aryl methyl sites for hydroxylation is 1. The zero-order valence-electron chi connectivity index (χ0n) is 11.0. The van der Waals surface area contributed by atoms with Crippen molar-refractivity contribution in [3.8, 4) is 0 Å². The third-order valence-corrected chi connectivity index (χ3v) is 4.78. The fraction of sp³-hybridized carbons (Fsp3) is 0.600. The van der Waals surface area contributed by atoms with Crippen LogP contribution >= 0.6 is 11.6 Å². The summed E-state index contributed by atoms with van der Waals surface area (Å²) in [5, 5.41) is 11.0. The summed E-state index contributed by atoms with van der Waals surface area (Å²) in [5.74, 6) is -0.312. The topological polar surface area (TPSA) is 20.2 Å². The molecule has 3 heteroatoms. The van der Waals surface area contributed by atoms with Crippen LogP contribution in [0.4, 0.5) is 4.39 Å². The molecule has 2 rings (SSSR count). The molecule has 0 bridgehead atoms. The number of benzene rings is 1. The highest BCUT2D eigenvalue weighted by Gasteiger charge is 2.40. The van der Waals surface area contributed by atoms with Gasteiger partial charge in [-0.05, 0) is 43.9 Å². The molecule has 100 valence electrons. The Balaban J connectivity index is 2.39. The van der Waals surface area contributed by atoms with Gasteiger partial charge in [-0.25, -0.2) is 4.39 Å². The van der Waals surface area contributed by atoms with Crippen LogP contribution in [0.25, 0.3) is 0 Å². The summed E-state index contributed by atoms with van der Waals surface area (Å²) in [4.78, 5) is 0. The van der Waals surface area contributed by atoms with E-state index in [9.17, 15) is 9.50 Å². The summed E-state index contributed by atoms with van der Waals surface area (Å²) in [6.45, 7) is 3.81. The highest BCUT2D eigenvalue weighted by Crippen LogP contribution is 2.51. The molecule has 0 heterocycles. The van der Waals surface area contributed by atoms with Crippen LogP contribution in [0.1, 0.15) is 56.3 Å². The van der Waals surface area contributed by atoms with E-state index < -0.39 is 6.10 Å². The van der Waals surface area contributed by atoms with Crippen LogP contribution in [0.2, 0.25) is 5.02 Å². The van der Waals surface area contributed by atoms with E-state index in [0.29, 0.717) is 16.1 Å². The van der Waals surface area contributed by atoms with E-state index >= 15 is 0 Å². The Morgan fingerprint density at radius 3 is 2.56 bits per heavy atom. The quantitative estimate of drug-likeness (QED) is 0.837. The lowest BCUT2D eigenvalue weighted by Gasteiger charge is -2.34. The van der Waals surface area contributed by atoms with Crippen molar-refractivity contribution in [3.05, 3.63) is 34.1 Å². The molecule has 1 aromatic rings. The average molecular weight is 271 g/mol. The van der Waals surface area contributed by atoms with E-state index in [4.69, 9.17) is 11.6 Å². The van der Waals surface area contributed by atoms with Crippen LogP contribution < -0.4 is 0 Å². The Kier molecular flexibility index (Phi) is 3.98. The summed E-state index contributed by atoms with van der Waals surface area (Å²) in [7, 11) is 0. The van der Waals surface area contributed by atoms with Crippen LogP contribution in [0.15, 0.2) is 12.1 Å². The van der Waals surface area contributed by atoms with Gasteiger partial charge in [0, 0.05) is 16.0 Å². The largest absolute Gasteiger partial charge is 0.388 e. The molecular formula is C15H20ClFO. The molecule has 1 unspecified atom stereocenters. The van der Waals surface area contributed by atoms with Crippen LogP contribution in [-0.2, 0) is 0 Å². The molecule has 1 aromatic carbocycles. The third kappa shape index (κ3) is 2.28. The van der Waals surface area contributed by atoms with Gasteiger partial charge in [-0.2, -0.15) is 0 Å². The van der Waals surface area contributed by atoms with E-state index in [1.165, 1.54) is 6.07 Å². The standard InChI is InChI=1S/C15H20ClFO/c1-3-15(6-4-5-7-15)14(18)11-8-10(2)13(17)9-12(11)16/h8-9,14,18H,3-7H2,1-2H3. The first kappa shape index (κ1) is 13.8. The van der Waals surface area contributed by atoms with Crippen molar-refractivity contribution in [2.75, 3.05) is 0 Å². The Hall–Kier alpha value is -0.600. The highest BCUT2D eigenvalue weighted by molar-refractivity contribution is 6.31. The fourth-order valence-electron chi connectivity index (χ4n) is 3.12. The molecule has 1 fully saturated rings. The summed E-state index contributed by atoms with van der Waals surface area (Å²) in [6, 6.07) is 3.01. The maximum atomic E-state index is 13.4. The minimum absolute atomic E-state index is 0.0755. The zero-order chi connectivity index (χ0) is 13.3. The van der Waals surface area contributed by atoms with Crippen LogP contribution in [0.5, 0.6) is 0 Å². The summed E-state index contributed by atoms with van der Waals surface area (Å²) in [6.07, 6.45) is 4.71. The Morgan fingerprint density at radius 2 is 2.00 bits per heavy atom. The molecule has 0 aromatic heterocycles. The van der Waals surface area contributed by atoms with E-state index in [1.807, 2.05) is 0 Å². The molecule has 1 aliphatic carbocycles. The second-order valence-corrected chi connectivity index (χ2v) is 5.86. The average Bonchev–Trinajstić information content (AvgIpc) is 2.83. The van der Waals surface area contributed by atoms with Crippen molar-refractivity contribution in [2.45, 2.75) is 52.1 Å². The van der Waals surface area contributed by atoms with Gasteiger partial charge in [-0.1, -0.05) is 31.4 Å². The van der Waals surface area contributed by atoms with Crippen molar-refractivity contribution in [3.63, 3.8) is 0 Å². The van der Waals surface area contributed by atoms with Crippen molar-refractivity contribution < 1.29 is 9.50 Å². The number of aliphatic hydroxyl groups excluding tert-OH is 1. The van der Waals surface area contributed by atoms with Gasteiger partial charge in [-0.15, -0.1) is 0 Å². The van der Waals surface area contributed by atoms with Gasteiger partial charge in [-0.3, -0.25) is 0 Å². The predicted molar refractivity (Wildman–Crippen MR) is 72.3 cm³/mol. The Morgan fingerprint density at radius 1 is 1.39 bits per heavy atom. The molecule has 18 heavy (non-hydrogen) atoms. The van der Waals surface area contributed by atoms with Crippen molar-refractivity contribution in [2.24, 2.45) is 5.41 Å². The Labute approximate surface area is 113 Å². The first-order valence-electron chi connectivity index (χ1n) is 6.64. The van der Waals surface area contributed by atoms with Gasteiger partial charge in [0.2, 0.25) is 0 Å². The first-order valence-corrected chi connectivity index (χ1v) is 7.01. The van der Waals surface area contributed by atoms with Gasteiger partial charge in [0.15, 0.2) is 0 Å². The monoisotopic (exact) mass is 270 g/mol. The lowest BCUT2D eigenvalue weighted by Crippen LogP contribution is -2.25. The fourth-order valence-corrected chi connectivity index (χ4v) is 3.37. The number of hydrogen-bond acceptors (Lipinski definition) is 1. The molecule has 0 saturated heterocycles. The molecule has 1 nitrogen and oxygen atoms in total. The van der Waals surface area contributed by atoms with Gasteiger partial charge in [0.05, 0.1) is 6.10 Å². The van der Waals surface area contributed by atoms with Gasteiger partial charge in [0.1, 0.15) is 5.82 Å². The molecule has 1 atom stereocenters. The third-order valence-electron chi connectivity index (χ3n) is 4.46. The van der Waals surface area contributed by atoms with Crippen molar-refractivity contribution >= 4 is 11.6 Å². The van der Waals surface area contributed by atoms with Crippen LogP contribution in [0.3, 0.4) is 0 Å². The van der Waals surface area contributed by atoms with Gasteiger partial charge < -0.3 is 5.11 Å². The SMILES string of the molecule is CCC1(C(O)c2cc(C)c(F)cc2Cl)CCCC1. The molecule has 0 spiro atoms. The molecule has 0 aliphatic heterocycles. The zero-order valence-corrected chi connectivity index (χ0v) is 11.7. The summed E-state index contributed by atoms with van der Waals surface area (Å²) < 4.78 is 13.4. The van der Waals surface area contributed by atoms with Crippen molar-refractivity contribution in [1.82, 2.24) is 0 Å². The normalized spacial score (nSPS) is 20.1. The van der Waals surface area contributed by atoms with E-state index in [2.05, 4.69) is 6.92 Å². The summed E-state index contributed by atoms with van der Waals surface area (Å²) >= 11 is 6.09. The number of aliphatic hydroxyl groups is 1. The lowest BCUT2D eigenvalue weighted by molar-refractivity contribution is 0.0237. The van der Waals surface area contributed by atoms with E-state index in [-0.39, 0.29) is 11.2 Å². The minimum Gasteiger partial charge on any atom is -0.388 e. The summed E-state index contributed by atoms with van der Waals surface area (Å²) in [5.41, 5.74) is 1.14. The lowest BCUT2D eigenvalue weighted by atomic mass is 9.75. The smallest absolute Gasteiger partial charge is 0.127 e. The van der Waals surface area contributed by atoms with Crippen LogP contribution in [-0.4, -0.2) is 5.11 Å². The molecule has 1 N–H and O–H groups in total. The second kappa shape index (κ2) is 5.18. The second-order valence-electron chi connectivity index (χ2n) is 5.45. The number of hydrogen-bond donors (Lipinski definition) is 1. The predicted octanol–water partition coefficient (Wildman–Crippen LogP) is 4.79.